The van der Waals surface area contributed by atoms with E-state index < -0.39 is 18.0 Å². The summed E-state index contributed by atoms with van der Waals surface area (Å²) in [5.74, 6) is -1.41. The van der Waals surface area contributed by atoms with Crippen LogP contribution in [-0.2, 0) is 9.53 Å². The first-order valence-corrected chi connectivity index (χ1v) is 9.40. The maximum absolute atomic E-state index is 12.9. The molecule has 0 saturated heterocycles. The van der Waals surface area contributed by atoms with Gasteiger partial charge in [0.15, 0.2) is 0 Å². The number of aliphatic carboxylic acids is 1. The van der Waals surface area contributed by atoms with E-state index in [-0.39, 0.29) is 12.1 Å². The lowest BCUT2D eigenvalue weighted by Gasteiger charge is -2.41. The number of carboxylic acid groups (broad SMARTS) is 1. The van der Waals surface area contributed by atoms with Gasteiger partial charge in [-0.1, -0.05) is 61.4 Å². The Morgan fingerprint density at radius 1 is 0.963 bits per heavy atom. The number of carbonyl (C=O) groups excluding carboxylic acids is 1. The van der Waals surface area contributed by atoms with E-state index in [0.717, 1.165) is 35.1 Å². The number of methoxy groups -OCH3 is 1. The third-order valence-electron chi connectivity index (χ3n) is 5.87. The summed E-state index contributed by atoms with van der Waals surface area (Å²) in [4.78, 5) is 26.5. The average Bonchev–Trinajstić information content (AvgIpc) is 3.03. The molecule has 0 spiro atoms. The zero-order valence-electron chi connectivity index (χ0n) is 15.3. The maximum Gasteiger partial charge on any atom is 0.410 e. The first-order chi connectivity index (χ1) is 13.1. The fraction of sp³-hybridized carbons (Fsp3) is 0.364. The molecule has 4 rings (SSSR count). The van der Waals surface area contributed by atoms with E-state index in [0.29, 0.717) is 12.8 Å². The first-order valence-electron chi connectivity index (χ1n) is 9.40. The molecule has 1 amide bonds. The monoisotopic (exact) mass is 365 g/mol. The molecule has 2 atom stereocenters. The standard InChI is InChI=1S/C22H23NO4/c1-27-22(26)23(19-13-7-6-12-18(19)21(24)25)20-16-10-4-2-8-14(16)15-9-3-5-11-17(15)20/h2-5,8-11,18-20H,6-7,12-13H2,1H3,(H,24,25)/t18-,19-/m1/s1. The molecule has 0 aliphatic heterocycles. The van der Waals surface area contributed by atoms with Crippen LogP contribution in [0.3, 0.4) is 0 Å². The minimum absolute atomic E-state index is 0.324. The number of rotatable bonds is 3. The Morgan fingerprint density at radius 3 is 2.07 bits per heavy atom. The molecule has 1 N–H and O–H groups in total. The van der Waals surface area contributed by atoms with Crippen molar-refractivity contribution >= 4 is 12.1 Å². The number of carbonyl (C=O) groups is 2. The summed E-state index contributed by atoms with van der Waals surface area (Å²) in [6.45, 7) is 0. The number of hydrogen-bond acceptors (Lipinski definition) is 3. The number of benzene rings is 2. The van der Waals surface area contributed by atoms with E-state index in [1.54, 1.807) is 4.90 Å². The zero-order valence-corrected chi connectivity index (χ0v) is 15.3. The van der Waals surface area contributed by atoms with Crippen LogP contribution >= 0.6 is 0 Å². The third-order valence-corrected chi connectivity index (χ3v) is 5.87. The van der Waals surface area contributed by atoms with Crippen molar-refractivity contribution in [3.63, 3.8) is 0 Å². The smallest absolute Gasteiger partial charge is 0.410 e. The molecule has 0 unspecified atom stereocenters. The van der Waals surface area contributed by atoms with Crippen molar-refractivity contribution in [1.29, 1.82) is 0 Å². The molecule has 5 nitrogen and oxygen atoms in total. The van der Waals surface area contributed by atoms with Crippen LogP contribution in [0.1, 0.15) is 42.9 Å². The summed E-state index contributed by atoms with van der Waals surface area (Å²) >= 11 is 0. The van der Waals surface area contributed by atoms with E-state index >= 15 is 0 Å². The molecular weight excluding hydrogens is 342 g/mol. The number of nitrogens with zero attached hydrogens (tertiary/aromatic N) is 1. The van der Waals surface area contributed by atoms with Crippen molar-refractivity contribution in [3.05, 3.63) is 59.7 Å². The molecule has 140 valence electrons. The largest absolute Gasteiger partial charge is 0.481 e. The molecule has 1 fully saturated rings. The predicted octanol–water partition coefficient (Wildman–Crippen LogP) is 4.47. The molecule has 2 aliphatic rings. The fourth-order valence-electron chi connectivity index (χ4n) is 4.70. The Bertz CT molecular complexity index is 833. The van der Waals surface area contributed by atoms with Gasteiger partial charge in [0.05, 0.1) is 19.1 Å². The SMILES string of the molecule is COC(=O)N(C1c2ccccc2-c2ccccc21)[C@@H]1CCCC[C@H]1C(=O)O. The third kappa shape index (κ3) is 2.87. The van der Waals surface area contributed by atoms with Gasteiger partial charge in [-0.25, -0.2) is 4.79 Å². The van der Waals surface area contributed by atoms with E-state index in [1.165, 1.54) is 7.11 Å². The normalized spacial score (nSPS) is 21.2. The topological polar surface area (TPSA) is 66.8 Å². The molecular formula is C22H23NO4. The number of fused-ring (bicyclic) bond motifs is 3. The highest BCUT2D eigenvalue weighted by Crippen LogP contribution is 2.48. The highest BCUT2D eigenvalue weighted by Gasteiger charge is 2.44. The van der Waals surface area contributed by atoms with Crippen molar-refractivity contribution in [3.8, 4) is 11.1 Å². The minimum atomic E-state index is -0.840. The van der Waals surface area contributed by atoms with Gasteiger partial charge in [0.2, 0.25) is 0 Å². The Balaban J connectivity index is 1.86. The number of amides is 1. The number of carboxylic acids is 1. The van der Waals surface area contributed by atoms with Crippen LogP contribution in [0.15, 0.2) is 48.5 Å². The molecule has 0 bridgehead atoms. The summed E-state index contributed by atoms with van der Waals surface area (Å²) in [7, 11) is 1.36. The van der Waals surface area contributed by atoms with Gasteiger partial charge in [-0.3, -0.25) is 9.69 Å². The van der Waals surface area contributed by atoms with Gasteiger partial charge < -0.3 is 9.84 Å². The average molecular weight is 365 g/mol. The lowest BCUT2D eigenvalue weighted by atomic mass is 9.82. The molecule has 2 aliphatic carbocycles. The molecule has 0 heterocycles. The summed E-state index contributed by atoms with van der Waals surface area (Å²) in [6.07, 6.45) is 2.58. The molecule has 27 heavy (non-hydrogen) atoms. The molecule has 0 aromatic heterocycles. The number of hydrogen-bond donors (Lipinski definition) is 1. The zero-order chi connectivity index (χ0) is 19.0. The van der Waals surface area contributed by atoms with E-state index in [1.807, 2.05) is 36.4 Å². The van der Waals surface area contributed by atoms with Gasteiger partial charge in [-0.2, -0.15) is 0 Å². The van der Waals surface area contributed by atoms with Crippen LogP contribution in [0.2, 0.25) is 0 Å². The van der Waals surface area contributed by atoms with Gasteiger partial charge in [0, 0.05) is 6.04 Å². The Labute approximate surface area is 158 Å². The van der Waals surface area contributed by atoms with Gasteiger partial charge in [0.1, 0.15) is 0 Å². The number of ether oxygens (including phenoxy) is 1. The van der Waals surface area contributed by atoms with Crippen LogP contribution in [0.4, 0.5) is 4.79 Å². The lowest BCUT2D eigenvalue weighted by Crippen LogP contribution is -2.49. The highest BCUT2D eigenvalue weighted by atomic mass is 16.5. The van der Waals surface area contributed by atoms with Gasteiger partial charge >= 0.3 is 12.1 Å². The Hall–Kier alpha value is -2.82. The summed E-state index contributed by atoms with van der Waals surface area (Å²) in [5.41, 5.74) is 4.24. The minimum Gasteiger partial charge on any atom is -0.481 e. The second kappa shape index (κ2) is 7.06. The summed E-state index contributed by atoms with van der Waals surface area (Å²) < 4.78 is 5.13. The quantitative estimate of drug-likeness (QED) is 0.871. The van der Waals surface area contributed by atoms with Crippen LogP contribution < -0.4 is 0 Å². The van der Waals surface area contributed by atoms with Crippen molar-refractivity contribution in [1.82, 2.24) is 4.90 Å². The van der Waals surface area contributed by atoms with Crippen LogP contribution in [0, 0.1) is 5.92 Å². The molecule has 5 heteroatoms. The Kier molecular flexibility index (Phi) is 4.60. The molecule has 1 saturated carbocycles. The van der Waals surface area contributed by atoms with Crippen molar-refractivity contribution in [2.24, 2.45) is 5.92 Å². The van der Waals surface area contributed by atoms with Crippen LogP contribution in [-0.4, -0.2) is 35.2 Å². The van der Waals surface area contributed by atoms with Crippen molar-refractivity contribution < 1.29 is 19.4 Å². The first kappa shape index (κ1) is 17.6. The van der Waals surface area contributed by atoms with Crippen LogP contribution in [0.25, 0.3) is 11.1 Å². The lowest BCUT2D eigenvalue weighted by molar-refractivity contribution is -0.145. The predicted molar refractivity (Wildman–Crippen MR) is 101 cm³/mol. The molecule has 2 aromatic carbocycles. The van der Waals surface area contributed by atoms with E-state index in [9.17, 15) is 14.7 Å². The fourth-order valence-corrected chi connectivity index (χ4v) is 4.70. The van der Waals surface area contributed by atoms with Gasteiger partial charge in [0.25, 0.3) is 0 Å². The highest BCUT2D eigenvalue weighted by molar-refractivity contribution is 5.82. The maximum atomic E-state index is 12.9. The van der Waals surface area contributed by atoms with Gasteiger partial charge in [-0.15, -0.1) is 0 Å². The second-order valence-electron chi connectivity index (χ2n) is 7.25. The van der Waals surface area contributed by atoms with E-state index in [4.69, 9.17) is 4.74 Å². The van der Waals surface area contributed by atoms with Gasteiger partial charge in [-0.05, 0) is 35.1 Å². The summed E-state index contributed by atoms with van der Waals surface area (Å²) in [6, 6.07) is 15.3. The van der Waals surface area contributed by atoms with Crippen LogP contribution in [0.5, 0.6) is 0 Å². The second-order valence-corrected chi connectivity index (χ2v) is 7.25. The van der Waals surface area contributed by atoms with Crippen molar-refractivity contribution in [2.45, 2.75) is 37.8 Å². The molecule has 2 aromatic rings. The van der Waals surface area contributed by atoms with E-state index in [2.05, 4.69) is 12.1 Å². The van der Waals surface area contributed by atoms with Crippen molar-refractivity contribution in [2.75, 3.05) is 7.11 Å². The summed E-state index contributed by atoms with van der Waals surface area (Å²) in [5, 5.41) is 9.77. The Morgan fingerprint density at radius 2 is 1.52 bits per heavy atom. The molecule has 0 radical (unpaired) electrons.